The number of carboxylic acid groups (broad SMARTS) is 1. The summed E-state index contributed by atoms with van der Waals surface area (Å²) in [5, 5.41) is 13.4. The van der Waals surface area contributed by atoms with Crippen LogP contribution in [0.1, 0.15) is 35.0 Å². The summed E-state index contributed by atoms with van der Waals surface area (Å²) in [5.41, 5.74) is 5.49. The maximum Gasteiger partial charge on any atom is 0.328 e. The Morgan fingerprint density at radius 3 is 2.67 bits per heavy atom. The first-order valence-corrected chi connectivity index (χ1v) is 7.04. The first-order chi connectivity index (χ1) is 10.0. The van der Waals surface area contributed by atoms with E-state index in [1.807, 2.05) is 35.9 Å². The van der Waals surface area contributed by atoms with Crippen molar-refractivity contribution in [3.63, 3.8) is 0 Å². The molecule has 0 fully saturated rings. The molecule has 1 heterocycles. The number of benzene rings is 1. The van der Waals surface area contributed by atoms with Crippen LogP contribution in [-0.4, -0.2) is 20.9 Å². The van der Waals surface area contributed by atoms with Crippen molar-refractivity contribution in [1.29, 1.82) is 0 Å². The van der Waals surface area contributed by atoms with E-state index in [0.717, 1.165) is 29.3 Å². The van der Waals surface area contributed by atoms with Gasteiger partial charge >= 0.3 is 5.97 Å². The molecular formula is C17H20N2O2. The molecule has 4 nitrogen and oxygen atoms in total. The zero-order valence-corrected chi connectivity index (χ0v) is 12.6. The summed E-state index contributed by atoms with van der Waals surface area (Å²) in [6.45, 7) is 6.88. The second kappa shape index (κ2) is 6.39. The van der Waals surface area contributed by atoms with E-state index in [2.05, 4.69) is 18.9 Å². The third kappa shape index (κ3) is 3.40. The molecule has 0 spiro atoms. The molecule has 0 radical (unpaired) electrons. The quantitative estimate of drug-likeness (QED) is 0.858. The maximum atomic E-state index is 10.7. The minimum Gasteiger partial charge on any atom is -0.478 e. The van der Waals surface area contributed by atoms with Gasteiger partial charge in [-0.05, 0) is 43.0 Å². The second-order valence-electron chi connectivity index (χ2n) is 5.03. The lowest BCUT2D eigenvalue weighted by Gasteiger charge is -2.08. The molecule has 110 valence electrons. The highest BCUT2D eigenvalue weighted by atomic mass is 16.4. The Morgan fingerprint density at radius 2 is 2.05 bits per heavy atom. The van der Waals surface area contributed by atoms with Crippen molar-refractivity contribution < 1.29 is 9.90 Å². The first-order valence-electron chi connectivity index (χ1n) is 7.04. The number of hydrogen-bond acceptors (Lipinski definition) is 2. The Labute approximate surface area is 124 Å². The van der Waals surface area contributed by atoms with Crippen LogP contribution in [0.3, 0.4) is 0 Å². The Morgan fingerprint density at radius 1 is 1.33 bits per heavy atom. The summed E-state index contributed by atoms with van der Waals surface area (Å²) in [7, 11) is 0. The monoisotopic (exact) mass is 284 g/mol. The van der Waals surface area contributed by atoms with Crippen molar-refractivity contribution in [1.82, 2.24) is 9.78 Å². The average Bonchev–Trinajstić information content (AvgIpc) is 2.72. The van der Waals surface area contributed by atoms with E-state index in [-0.39, 0.29) is 0 Å². The zero-order valence-electron chi connectivity index (χ0n) is 12.6. The summed E-state index contributed by atoms with van der Waals surface area (Å²) in [6.07, 6.45) is 3.76. The normalized spacial score (nSPS) is 11.2. The number of aromatic nitrogens is 2. The molecule has 0 atom stereocenters. The van der Waals surface area contributed by atoms with Gasteiger partial charge in [-0.25, -0.2) is 4.79 Å². The van der Waals surface area contributed by atoms with Gasteiger partial charge in [-0.1, -0.05) is 31.2 Å². The van der Waals surface area contributed by atoms with Crippen molar-refractivity contribution in [3.05, 3.63) is 58.4 Å². The van der Waals surface area contributed by atoms with Crippen LogP contribution in [0.25, 0.3) is 6.08 Å². The highest BCUT2D eigenvalue weighted by molar-refractivity contribution is 5.85. The number of carbonyl (C=O) groups is 1. The average molecular weight is 284 g/mol. The SMILES string of the molecule is CCc1c(C)nn(Cc2ccccc2C=CC(=O)O)c1C. The van der Waals surface area contributed by atoms with Gasteiger partial charge < -0.3 is 5.11 Å². The van der Waals surface area contributed by atoms with Crippen LogP contribution in [0, 0.1) is 13.8 Å². The largest absolute Gasteiger partial charge is 0.478 e. The number of aryl methyl sites for hydroxylation is 1. The lowest BCUT2D eigenvalue weighted by atomic mass is 10.1. The highest BCUT2D eigenvalue weighted by Crippen LogP contribution is 2.17. The summed E-state index contributed by atoms with van der Waals surface area (Å²) in [5.74, 6) is -0.941. The standard InChI is InChI=1S/C17H20N2O2/c1-4-16-12(2)18-19(13(16)3)11-15-8-6-5-7-14(15)9-10-17(20)21/h5-10H,4,11H2,1-3H3,(H,20,21). The lowest BCUT2D eigenvalue weighted by Crippen LogP contribution is -2.05. The third-order valence-electron chi connectivity index (χ3n) is 3.67. The van der Waals surface area contributed by atoms with Gasteiger partial charge in [0.1, 0.15) is 0 Å². The Balaban J connectivity index is 2.34. The first kappa shape index (κ1) is 15.0. The van der Waals surface area contributed by atoms with E-state index >= 15 is 0 Å². The molecule has 0 bridgehead atoms. The molecule has 0 saturated heterocycles. The van der Waals surface area contributed by atoms with Gasteiger partial charge in [-0.3, -0.25) is 4.68 Å². The van der Waals surface area contributed by atoms with E-state index < -0.39 is 5.97 Å². The molecule has 21 heavy (non-hydrogen) atoms. The van der Waals surface area contributed by atoms with Gasteiger partial charge in [0, 0.05) is 11.8 Å². The molecule has 1 aromatic carbocycles. The van der Waals surface area contributed by atoms with Crippen molar-refractivity contribution in [2.45, 2.75) is 33.7 Å². The molecular weight excluding hydrogens is 264 g/mol. The summed E-state index contributed by atoms with van der Waals surface area (Å²) < 4.78 is 1.99. The van der Waals surface area contributed by atoms with E-state index in [1.54, 1.807) is 6.08 Å². The number of nitrogens with zero attached hydrogens (tertiary/aromatic N) is 2. The van der Waals surface area contributed by atoms with Crippen LogP contribution in [-0.2, 0) is 17.8 Å². The van der Waals surface area contributed by atoms with Crippen molar-refractivity contribution in [3.8, 4) is 0 Å². The lowest BCUT2D eigenvalue weighted by molar-refractivity contribution is -0.131. The smallest absolute Gasteiger partial charge is 0.328 e. The van der Waals surface area contributed by atoms with E-state index in [0.29, 0.717) is 6.54 Å². The van der Waals surface area contributed by atoms with Crippen LogP contribution >= 0.6 is 0 Å². The summed E-state index contributed by atoms with van der Waals surface area (Å²) >= 11 is 0. The molecule has 0 aliphatic heterocycles. The van der Waals surface area contributed by atoms with Crippen molar-refractivity contribution >= 4 is 12.0 Å². The van der Waals surface area contributed by atoms with Gasteiger partial charge in [-0.2, -0.15) is 5.10 Å². The predicted octanol–water partition coefficient (Wildman–Crippen LogP) is 3.21. The van der Waals surface area contributed by atoms with Crippen LogP contribution in [0.2, 0.25) is 0 Å². The van der Waals surface area contributed by atoms with Gasteiger partial charge in [-0.15, -0.1) is 0 Å². The van der Waals surface area contributed by atoms with E-state index in [1.165, 1.54) is 11.3 Å². The van der Waals surface area contributed by atoms with Crippen molar-refractivity contribution in [2.75, 3.05) is 0 Å². The molecule has 2 rings (SSSR count). The van der Waals surface area contributed by atoms with Crippen LogP contribution < -0.4 is 0 Å². The Kier molecular flexibility index (Phi) is 4.58. The molecule has 4 heteroatoms. The summed E-state index contributed by atoms with van der Waals surface area (Å²) in [4.78, 5) is 10.7. The van der Waals surface area contributed by atoms with Gasteiger partial charge in [0.05, 0.1) is 12.2 Å². The Bertz CT molecular complexity index is 684. The topological polar surface area (TPSA) is 55.1 Å². The number of hydrogen-bond donors (Lipinski definition) is 1. The second-order valence-corrected chi connectivity index (χ2v) is 5.03. The van der Waals surface area contributed by atoms with E-state index in [9.17, 15) is 4.79 Å². The van der Waals surface area contributed by atoms with Gasteiger partial charge in [0.2, 0.25) is 0 Å². The fourth-order valence-corrected chi connectivity index (χ4v) is 2.56. The minimum absolute atomic E-state index is 0.646. The molecule has 0 amide bonds. The fraction of sp³-hybridized carbons (Fsp3) is 0.294. The predicted molar refractivity (Wildman–Crippen MR) is 83.3 cm³/mol. The molecule has 1 aromatic heterocycles. The molecule has 2 aromatic rings. The molecule has 0 aliphatic carbocycles. The maximum absolute atomic E-state index is 10.7. The number of aliphatic carboxylic acids is 1. The highest BCUT2D eigenvalue weighted by Gasteiger charge is 2.10. The zero-order chi connectivity index (χ0) is 15.4. The molecule has 1 N–H and O–H groups in total. The third-order valence-corrected chi connectivity index (χ3v) is 3.67. The van der Waals surface area contributed by atoms with Gasteiger partial charge in [0.25, 0.3) is 0 Å². The Hall–Kier alpha value is -2.36. The van der Waals surface area contributed by atoms with E-state index in [4.69, 9.17) is 5.11 Å². The minimum atomic E-state index is -0.941. The van der Waals surface area contributed by atoms with Crippen LogP contribution in [0.15, 0.2) is 30.3 Å². The molecule has 0 aliphatic rings. The number of carboxylic acids is 1. The van der Waals surface area contributed by atoms with Crippen LogP contribution in [0.4, 0.5) is 0 Å². The van der Waals surface area contributed by atoms with Crippen LogP contribution in [0.5, 0.6) is 0 Å². The fourth-order valence-electron chi connectivity index (χ4n) is 2.56. The molecule has 0 unspecified atom stereocenters. The van der Waals surface area contributed by atoms with Gasteiger partial charge in [0.15, 0.2) is 0 Å². The molecule has 0 saturated carbocycles. The number of rotatable bonds is 5. The summed E-state index contributed by atoms with van der Waals surface area (Å²) in [6, 6.07) is 7.79. The van der Waals surface area contributed by atoms with Crippen molar-refractivity contribution in [2.24, 2.45) is 0 Å².